The molecular weight excluding hydrogens is 222 g/mol. The maximum atomic E-state index is 8.86. The summed E-state index contributed by atoms with van der Waals surface area (Å²) in [7, 11) is 0. The Morgan fingerprint density at radius 1 is 1.19 bits per heavy atom. The molecule has 1 aliphatic carbocycles. The van der Waals surface area contributed by atoms with Crippen LogP contribution in [0.4, 0.5) is 0 Å². The molecule has 0 aliphatic heterocycles. The number of fused-ring (bicyclic) bond motifs is 1. The van der Waals surface area contributed by atoms with Gasteiger partial charge in [-0.05, 0) is 5.56 Å². The molecule has 3 nitrogen and oxygen atoms in total. The normalized spacial score (nSPS) is 17.6. The van der Waals surface area contributed by atoms with Gasteiger partial charge in [0.25, 0.3) is 0 Å². The molecule has 4 heteroatoms. The van der Waals surface area contributed by atoms with Gasteiger partial charge in [-0.15, -0.1) is 11.6 Å². The van der Waals surface area contributed by atoms with Crippen LogP contribution in [0.1, 0.15) is 11.1 Å². The van der Waals surface area contributed by atoms with Crippen molar-refractivity contribution in [2.75, 3.05) is 0 Å². The lowest BCUT2D eigenvalue weighted by Crippen LogP contribution is -2.07. The van der Waals surface area contributed by atoms with E-state index in [2.05, 4.69) is 0 Å². The van der Waals surface area contributed by atoms with Crippen LogP contribution in [0.3, 0.4) is 0 Å². The zero-order chi connectivity index (χ0) is 11.7. The van der Waals surface area contributed by atoms with Crippen LogP contribution in [-0.4, -0.2) is 11.1 Å². The lowest BCUT2D eigenvalue weighted by molar-refractivity contribution is 1.40. The van der Waals surface area contributed by atoms with E-state index in [1.54, 1.807) is 24.3 Å². The summed E-state index contributed by atoms with van der Waals surface area (Å²) in [5, 5.41) is 24.8. The lowest BCUT2D eigenvalue weighted by Gasteiger charge is -2.02. The quantitative estimate of drug-likeness (QED) is 0.546. The lowest BCUT2D eigenvalue weighted by atomic mass is 10.0. The smallest absolute Gasteiger partial charge is 0.135 e. The number of alkyl halides is 1. The summed E-state index contributed by atoms with van der Waals surface area (Å²) < 4.78 is 0. The number of hydrogen-bond acceptors (Lipinski definition) is 3. The summed E-state index contributed by atoms with van der Waals surface area (Å²) in [6.07, 6.45) is 0. The van der Waals surface area contributed by atoms with Crippen LogP contribution in [0.5, 0.6) is 0 Å². The highest BCUT2D eigenvalue weighted by Gasteiger charge is 2.32. The van der Waals surface area contributed by atoms with Gasteiger partial charge in [0.2, 0.25) is 0 Å². The average molecular weight is 228 g/mol. The number of allylic oxidation sites excluding steroid dienone is 2. The Balaban J connectivity index is 2.78. The van der Waals surface area contributed by atoms with Crippen molar-refractivity contribution in [3.05, 3.63) is 41.0 Å². The molecule has 1 N–H and O–H groups in total. The molecule has 0 saturated heterocycles. The molecular formula is C12H6ClN3. The SMILES string of the molecule is N#CC(C#N)=C1c2ccccc2C(=N)C1Cl. The third-order valence-electron chi connectivity index (χ3n) is 2.51. The maximum Gasteiger partial charge on any atom is 0.135 e. The van der Waals surface area contributed by atoms with Gasteiger partial charge >= 0.3 is 0 Å². The van der Waals surface area contributed by atoms with Gasteiger partial charge in [-0.25, -0.2) is 0 Å². The second-order valence-corrected chi connectivity index (χ2v) is 3.77. The number of halogens is 1. The Bertz CT molecular complexity index is 571. The third-order valence-corrected chi connectivity index (χ3v) is 2.94. The van der Waals surface area contributed by atoms with Gasteiger partial charge in [0, 0.05) is 11.1 Å². The molecule has 0 heterocycles. The molecule has 0 saturated carbocycles. The maximum absolute atomic E-state index is 8.86. The predicted molar refractivity (Wildman–Crippen MR) is 61.1 cm³/mol. The number of nitriles is 2. The van der Waals surface area contributed by atoms with Crippen LogP contribution in [0.2, 0.25) is 0 Å². The fraction of sp³-hybridized carbons (Fsp3) is 0.0833. The van der Waals surface area contributed by atoms with Crippen molar-refractivity contribution < 1.29 is 0 Å². The van der Waals surface area contributed by atoms with Crippen LogP contribution in [0.15, 0.2) is 29.8 Å². The minimum atomic E-state index is -0.702. The highest BCUT2D eigenvalue weighted by molar-refractivity contribution is 6.44. The van der Waals surface area contributed by atoms with Crippen molar-refractivity contribution in [1.29, 1.82) is 15.9 Å². The number of hydrogen-bond donors (Lipinski definition) is 1. The summed E-state index contributed by atoms with van der Waals surface area (Å²) in [6.45, 7) is 0. The molecule has 0 spiro atoms. The molecule has 76 valence electrons. The average Bonchev–Trinajstić information content (AvgIpc) is 2.57. The monoisotopic (exact) mass is 227 g/mol. The summed E-state index contributed by atoms with van der Waals surface area (Å²) in [5.41, 5.74) is 2.09. The van der Waals surface area contributed by atoms with Crippen molar-refractivity contribution in [1.82, 2.24) is 0 Å². The fourth-order valence-electron chi connectivity index (χ4n) is 1.78. The largest absolute Gasteiger partial charge is 0.303 e. The molecule has 1 aromatic carbocycles. The van der Waals surface area contributed by atoms with E-state index in [0.717, 1.165) is 0 Å². The molecule has 0 bridgehead atoms. The zero-order valence-electron chi connectivity index (χ0n) is 8.16. The minimum Gasteiger partial charge on any atom is -0.303 e. The molecule has 1 aliphatic rings. The summed E-state index contributed by atoms with van der Waals surface area (Å²) in [6, 6.07) is 10.8. The molecule has 1 aromatic rings. The van der Waals surface area contributed by atoms with Crippen molar-refractivity contribution in [3.63, 3.8) is 0 Å². The van der Waals surface area contributed by atoms with Crippen LogP contribution in [0.25, 0.3) is 5.57 Å². The van der Waals surface area contributed by atoms with Gasteiger partial charge in [0.1, 0.15) is 23.1 Å². The van der Waals surface area contributed by atoms with Gasteiger partial charge in [-0.2, -0.15) is 10.5 Å². The number of benzene rings is 1. The Morgan fingerprint density at radius 2 is 1.75 bits per heavy atom. The van der Waals surface area contributed by atoms with E-state index in [4.69, 9.17) is 27.5 Å². The zero-order valence-corrected chi connectivity index (χ0v) is 8.92. The molecule has 1 unspecified atom stereocenters. The van der Waals surface area contributed by atoms with Crippen molar-refractivity contribution in [2.24, 2.45) is 0 Å². The Hall–Kier alpha value is -2.10. The standard InChI is InChI=1S/C12H6ClN3/c13-11-10(7(5-14)6-15)8-3-1-2-4-9(8)12(11)16/h1-4,11,16H. The van der Waals surface area contributed by atoms with E-state index in [1.807, 2.05) is 12.1 Å². The Labute approximate surface area is 97.7 Å². The summed E-state index contributed by atoms with van der Waals surface area (Å²) >= 11 is 6.06. The van der Waals surface area contributed by atoms with E-state index in [-0.39, 0.29) is 11.3 Å². The van der Waals surface area contributed by atoms with Crippen LogP contribution < -0.4 is 0 Å². The third kappa shape index (κ3) is 1.31. The van der Waals surface area contributed by atoms with Crippen molar-refractivity contribution in [3.8, 4) is 12.1 Å². The fourth-order valence-corrected chi connectivity index (χ4v) is 2.12. The van der Waals surface area contributed by atoms with Crippen molar-refractivity contribution >= 4 is 22.9 Å². The van der Waals surface area contributed by atoms with Gasteiger partial charge < -0.3 is 5.41 Å². The highest BCUT2D eigenvalue weighted by atomic mass is 35.5. The number of nitrogens with zero attached hydrogens (tertiary/aromatic N) is 2. The molecule has 2 rings (SSSR count). The minimum absolute atomic E-state index is 0.0188. The first kappa shape index (κ1) is 10.4. The topological polar surface area (TPSA) is 71.4 Å². The molecule has 0 fully saturated rings. The van der Waals surface area contributed by atoms with E-state index < -0.39 is 5.38 Å². The molecule has 0 radical (unpaired) electrons. The van der Waals surface area contributed by atoms with Crippen LogP contribution in [0, 0.1) is 28.1 Å². The first-order valence-electron chi connectivity index (χ1n) is 4.57. The number of rotatable bonds is 0. The summed E-state index contributed by atoms with van der Waals surface area (Å²) in [5.74, 6) is 0. The molecule has 0 aromatic heterocycles. The Kier molecular flexibility index (Phi) is 2.48. The highest BCUT2D eigenvalue weighted by Crippen LogP contribution is 2.37. The molecule has 1 atom stereocenters. The van der Waals surface area contributed by atoms with Crippen LogP contribution in [-0.2, 0) is 0 Å². The predicted octanol–water partition coefficient (Wildman–Crippen LogP) is 2.48. The second-order valence-electron chi connectivity index (χ2n) is 3.33. The van der Waals surface area contributed by atoms with E-state index >= 15 is 0 Å². The first-order chi connectivity index (χ1) is 7.70. The van der Waals surface area contributed by atoms with Crippen LogP contribution >= 0.6 is 11.6 Å². The van der Waals surface area contributed by atoms with E-state index in [9.17, 15) is 0 Å². The molecule has 0 amide bonds. The van der Waals surface area contributed by atoms with Gasteiger partial charge in [-0.1, -0.05) is 24.3 Å². The van der Waals surface area contributed by atoms with Gasteiger partial charge in [-0.3, -0.25) is 0 Å². The first-order valence-corrected chi connectivity index (χ1v) is 5.01. The van der Waals surface area contributed by atoms with Gasteiger partial charge in [0.15, 0.2) is 0 Å². The second kappa shape index (κ2) is 3.81. The van der Waals surface area contributed by atoms with E-state index in [0.29, 0.717) is 16.7 Å². The van der Waals surface area contributed by atoms with E-state index in [1.165, 1.54) is 0 Å². The van der Waals surface area contributed by atoms with Gasteiger partial charge in [0.05, 0.1) is 5.71 Å². The van der Waals surface area contributed by atoms with Crippen molar-refractivity contribution in [2.45, 2.75) is 5.38 Å². The summed E-state index contributed by atoms with van der Waals surface area (Å²) in [4.78, 5) is 0. The number of nitrogens with one attached hydrogen (secondary N) is 1. The molecule has 16 heavy (non-hydrogen) atoms. The Morgan fingerprint density at radius 3 is 2.31 bits per heavy atom.